The van der Waals surface area contributed by atoms with Gasteiger partial charge < -0.3 is 0 Å². The van der Waals surface area contributed by atoms with Crippen LogP contribution in [0.5, 0.6) is 0 Å². The zero-order chi connectivity index (χ0) is 15.6. The molecule has 0 saturated carbocycles. The van der Waals surface area contributed by atoms with Crippen LogP contribution >= 0.6 is 0 Å². The normalized spacial score (nSPS) is 19.0. The second-order valence-corrected chi connectivity index (χ2v) is 8.07. The van der Waals surface area contributed by atoms with Crippen LogP contribution in [0.25, 0.3) is 0 Å². The number of carbonyl (C=O) groups excluding carboxylic acids is 1. The zero-order valence-electron chi connectivity index (χ0n) is 12.9. The number of hydrogen-bond acceptors (Lipinski definition) is 3. The van der Waals surface area contributed by atoms with Crippen molar-refractivity contribution < 1.29 is 13.2 Å². The summed E-state index contributed by atoms with van der Waals surface area (Å²) in [4.78, 5) is 12.2. The molecule has 0 aromatic heterocycles. The Balaban J connectivity index is 2.04. The maximum Gasteiger partial charge on any atom is 0.237 e. The number of nitrogens with zero attached hydrogens (tertiary/aromatic N) is 1. The third-order valence-electron chi connectivity index (χ3n) is 4.03. The van der Waals surface area contributed by atoms with E-state index in [1.807, 2.05) is 19.1 Å². The third kappa shape index (κ3) is 3.64. The van der Waals surface area contributed by atoms with E-state index in [9.17, 15) is 13.2 Å². The molecule has 1 aromatic carbocycles. The summed E-state index contributed by atoms with van der Waals surface area (Å²) >= 11 is 0. The third-order valence-corrected chi connectivity index (χ3v) is 5.89. The standard InChI is InChI=1S/C16H23NO3S/c1-12(2)14-5-7-15(8-6-14)13(3)11-16(18)17-9-4-10-21(17,19)20/h5-8,12-13H,4,9-11H2,1-3H3/t13-/m1/s1. The SMILES string of the molecule is CC(C)c1ccc([C@H](C)CC(=O)N2CCCS2(=O)=O)cc1. The fourth-order valence-electron chi connectivity index (χ4n) is 2.61. The molecule has 1 amide bonds. The van der Waals surface area contributed by atoms with Crippen molar-refractivity contribution in [2.45, 2.75) is 45.4 Å². The Kier molecular flexibility index (Phi) is 4.71. The molecule has 1 aliphatic heterocycles. The lowest BCUT2D eigenvalue weighted by Crippen LogP contribution is -2.33. The van der Waals surface area contributed by atoms with Crippen molar-refractivity contribution in [1.29, 1.82) is 0 Å². The molecule has 0 radical (unpaired) electrons. The van der Waals surface area contributed by atoms with Gasteiger partial charge in [-0.2, -0.15) is 0 Å². The van der Waals surface area contributed by atoms with Crippen LogP contribution in [0.2, 0.25) is 0 Å². The van der Waals surface area contributed by atoms with E-state index in [1.165, 1.54) is 5.56 Å². The second-order valence-electron chi connectivity index (χ2n) is 6.06. The average Bonchev–Trinajstić information content (AvgIpc) is 2.78. The monoisotopic (exact) mass is 309 g/mol. The Bertz CT molecular complexity index is 605. The Morgan fingerprint density at radius 2 is 1.71 bits per heavy atom. The average molecular weight is 309 g/mol. The Morgan fingerprint density at radius 3 is 2.19 bits per heavy atom. The maximum atomic E-state index is 12.2. The van der Waals surface area contributed by atoms with Crippen molar-refractivity contribution in [2.24, 2.45) is 0 Å². The van der Waals surface area contributed by atoms with Crippen molar-refractivity contribution in [3.8, 4) is 0 Å². The molecule has 1 fully saturated rings. The Labute approximate surface area is 127 Å². The molecule has 0 aliphatic carbocycles. The summed E-state index contributed by atoms with van der Waals surface area (Å²) in [5.74, 6) is 0.309. The van der Waals surface area contributed by atoms with Gasteiger partial charge in [0.25, 0.3) is 0 Å². The van der Waals surface area contributed by atoms with Crippen molar-refractivity contribution in [1.82, 2.24) is 4.31 Å². The summed E-state index contributed by atoms with van der Waals surface area (Å²) in [6, 6.07) is 8.22. The van der Waals surface area contributed by atoms with Crippen LogP contribution in [0.3, 0.4) is 0 Å². The van der Waals surface area contributed by atoms with Crippen LogP contribution in [0.4, 0.5) is 0 Å². The van der Waals surface area contributed by atoms with Crippen LogP contribution in [0, 0.1) is 0 Å². The summed E-state index contributed by atoms with van der Waals surface area (Å²) in [5.41, 5.74) is 2.34. The van der Waals surface area contributed by atoms with Crippen molar-refractivity contribution >= 4 is 15.9 Å². The minimum atomic E-state index is -3.35. The lowest BCUT2D eigenvalue weighted by molar-refractivity contribution is -0.126. The van der Waals surface area contributed by atoms with Gasteiger partial charge in [-0.1, -0.05) is 45.0 Å². The largest absolute Gasteiger partial charge is 0.274 e. The minimum Gasteiger partial charge on any atom is -0.274 e. The molecule has 116 valence electrons. The molecular weight excluding hydrogens is 286 g/mol. The summed E-state index contributed by atoms with van der Waals surface area (Å²) in [7, 11) is -3.35. The maximum absolute atomic E-state index is 12.2. The fraction of sp³-hybridized carbons (Fsp3) is 0.562. The molecule has 1 saturated heterocycles. The molecule has 0 spiro atoms. The highest BCUT2D eigenvalue weighted by Crippen LogP contribution is 2.24. The molecule has 1 heterocycles. The smallest absolute Gasteiger partial charge is 0.237 e. The molecular formula is C16H23NO3S. The van der Waals surface area contributed by atoms with E-state index in [-0.39, 0.29) is 24.0 Å². The van der Waals surface area contributed by atoms with Crippen LogP contribution < -0.4 is 0 Å². The Hall–Kier alpha value is -1.36. The molecule has 0 N–H and O–H groups in total. The van der Waals surface area contributed by atoms with Crippen LogP contribution in [0.15, 0.2) is 24.3 Å². The van der Waals surface area contributed by atoms with Gasteiger partial charge >= 0.3 is 0 Å². The fourth-order valence-corrected chi connectivity index (χ4v) is 4.12. The van der Waals surface area contributed by atoms with Crippen molar-refractivity contribution in [2.75, 3.05) is 12.3 Å². The molecule has 2 rings (SSSR count). The van der Waals surface area contributed by atoms with E-state index >= 15 is 0 Å². The highest BCUT2D eigenvalue weighted by Gasteiger charge is 2.32. The highest BCUT2D eigenvalue weighted by atomic mass is 32.2. The molecule has 21 heavy (non-hydrogen) atoms. The quantitative estimate of drug-likeness (QED) is 0.859. The second kappa shape index (κ2) is 6.18. The van der Waals surface area contributed by atoms with E-state index in [1.54, 1.807) is 0 Å². The molecule has 1 atom stereocenters. The summed E-state index contributed by atoms with van der Waals surface area (Å²) in [6.45, 7) is 6.57. The van der Waals surface area contributed by atoms with Gasteiger partial charge in [0.2, 0.25) is 15.9 Å². The molecule has 0 unspecified atom stereocenters. The lowest BCUT2D eigenvalue weighted by atomic mass is 9.94. The van der Waals surface area contributed by atoms with E-state index in [2.05, 4.69) is 26.0 Å². The number of rotatable bonds is 4. The van der Waals surface area contributed by atoms with Gasteiger partial charge in [-0.05, 0) is 29.4 Å². The Morgan fingerprint density at radius 1 is 1.14 bits per heavy atom. The number of amides is 1. The molecule has 1 aromatic rings. The van der Waals surface area contributed by atoms with Gasteiger partial charge in [0.1, 0.15) is 0 Å². The number of benzene rings is 1. The summed E-state index contributed by atoms with van der Waals surface area (Å²) in [5, 5.41) is 0. The first kappa shape index (κ1) is 16.0. The topological polar surface area (TPSA) is 54.5 Å². The first-order valence-corrected chi connectivity index (χ1v) is 9.05. The van der Waals surface area contributed by atoms with Crippen LogP contribution in [-0.2, 0) is 14.8 Å². The van der Waals surface area contributed by atoms with Gasteiger partial charge in [-0.25, -0.2) is 12.7 Å². The highest BCUT2D eigenvalue weighted by molar-refractivity contribution is 7.89. The van der Waals surface area contributed by atoms with Gasteiger partial charge in [-0.15, -0.1) is 0 Å². The zero-order valence-corrected chi connectivity index (χ0v) is 13.7. The molecule has 5 heteroatoms. The predicted octanol–water partition coefficient (Wildman–Crippen LogP) is 2.87. The van der Waals surface area contributed by atoms with Crippen LogP contribution in [-0.4, -0.2) is 30.9 Å². The predicted molar refractivity (Wildman–Crippen MR) is 83.7 cm³/mol. The van der Waals surface area contributed by atoms with E-state index < -0.39 is 10.0 Å². The molecule has 0 bridgehead atoms. The number of hydrogen-bond donors (Lipinski definition) is 0. The number of carbonyl (C=O) groups is 1. The molecule has 4 nitrogen and oxygen atoms in total. The first-order valence-electron chi connectivity index (χ1n) is 7.44. The van der Waals surface area contributed by atoms with Gasteiger partial charge in [0.15, 0.2) is 0 Å². The number of sulfonamides is 1. The van der Waals surface area contributed by atoms with E-state index in [0.717, 1.165) is 9.87 Å². The summed E-state index contributed by atoms with van der Waals surface area (Å²) < 4.78 is 24.5. The van der Waals surface area contributed by atoms with Crippen LogP contribution in [0.1, 0.15) is 56.6 Å². The van der Waals surface area contributed by atoms with Crippen molar-refractivity contribution in [3.63, 3.8) is 0 Å². The van der Waals surface area contributed by atoms with E-state index in [0.29, 0.717) is 18.9 Å². The molecule has 1 aliphatic rings. The lowest BCUT2D eigenvalue weighted by Gasteiger charge is -2.18. The van der Waals surface area contributed by atoms with Gasteiger partial charge in [0.05, 0.1) is 5.75 Å². The first-order chi connectivity index (χ1) is 9.81. The van der Waals surface area contributed by atoms with Gasteiger partial charge in [-0.3, -0.25) is 4.79 Å². The van der Waals surface area contributed by atoms with Crippen molar-refractivity contribution in [3.05, 3.63) is 35.4 Å². The van der Waals surface area contributed by atoms with E-state index in [4.69, 9.17) is 0 Å². The van der Waals surface area contributed by atoms with Gasteiger partial charge in [0, 0.05) is 13.0 Å². The minimum absolute atomic E-state index is 0.0227. The summed E-state index contributed by atoms with van der Waals surface area (Å²) in [6.07, 6.45) is 0.784.